The third-order valence-corrected chi connectivity index (χ3v) is 3.11. The van der Waals surface area contributed by atoms with E-state index in [0.717, 1.165) is 6.42 Å². The summed E-state index contributed by atoms with van der Waals surface area (Å²) >= 11 is 0. The van der Waals surface area contributed by atoms with Gasteiger partial charge in [-0.3, -0.25) is 0 Å². The van der Waals surface area contributed by atoms with Crippen LogP contribution >= 0.6 is 0 Å². The van der Waals surface area contributed by atoms with E-state index in [4.69, 9.17) is 0 Å². The zero-order chi connectivity index (χ0) is 11.1. The summed E-state index contributed by atoms with van der Waals surface area (Å²) in [4.78, 5) is 0. The first-order chi connectivity index (χ1) is 7.18. The molecular weight excluding hydrogens is 180 g/mol. The van der Waals surface area contributed by atoms with E-state index in [1.807, 2.05) is 0 Å². The minimum absolute atomic E-state index is 1.13. The molecule has 84 valence electrons. The molecule has 1 rings (SSSR count). The highest BCUT2D eigenvalue weighted by Gasteiger charge is 1.96. The van der Waals surface area contributed by atoms with Crippen LogP contribution in [-0.4, -0.2) is 0 Å². The van der Waals surface area contributed by atoms with Crippen LogP contribution in [0.25, 0.3) is 0 Å². The maximum absolute atomic E-state index is 2.41. The van der Waals surface area contributed by atoms with Gasteiger partial charge in [0.2, 0.25) is 0 Å². The maximum atomic E-state index is 2.41. The minimum Gasteiger partial charge on any atom is -0.0853 e. The van der Waals surface area contributed by atoms with Crippen molar-refractivity contribution in [2.24, 2.45) is 0 Å². The van der Waals surface area contributed by atoms with Crippen LogP contribution < -0.4 is 0 Å². The quantitative estimate of drug-likeness (QED) is 0.477. The molecular formula is C15H24. The largest absolute Gasteiger partial charge is 0.0853 e. The molecule has 0 saturated heterocycles. The third-order valence-electron chi connectivity index (χ3n) is 3.11. The monoisotopic (exact) mass is 204 g/mol. The van der Waals surface area contributed by atoms with Crippen LogP contribution in [0.15, 0.2) is 34.9 Å². The Kier molecular flexibility index (Phi) is 5.45. The molecule has 1 aliphatic rings. The summed E-state index contributed by atoms with van der Waals surface area (Å²) in [5, 5.41) is 0. The van der Waals surface area contributed by atoms with Gasteiger partial charge in [0.25, 0.3) is 0 Å². The molecule has 0 heteroatoms. The molecule has 0 unspecified atom stereocenters. The predicted molar refractivity (Wildman–Crippen MR) is 69.0 cm³/mol. The Morgan fingerprint density at radius 3 is 1.93 bits per heavy atom. The fourth-order valence-electron chi connectivity index (χ4n) is 1.96. The van der Waals surface area contributed by atoms with Crippen molar-refractivity contribution < 1.29 is 0 Å². The molecule has 0 radical (unpaired) electrons. The standard InChI is InChI=1S/C15H24/c1-13-7-4-9-14(2)11-6-12-15(3)10-5-8-13/h7,9-10H,4-6,8,11-12H2,1-3H3. The van der Waals surface area contributed by atoms with E-state index in [9.17, 15) is 0 Å². The number of hydrogen-bond acceptors (Lipinski definition) is 0. The molecule has 1 aliphatic carbocycles. The SMILES string of the molecule is CC1=CCC=C(C)CCCC(C)=CCC1. The molecule has 0 bridgehead atoms. The summed E-state index contributed by atoms with van der Waals surface area (Å²) in [6.07, 6.45) is 14.6. The fourth-order valence-corrected chi connectivity index (χ4v) is 1.96. The Balaban J connectivity index is 2.62. The van der Waals surface area contributed by atoms with Gasteiger partial charge in [0.1, 0.15) is 0 Å². The molecule has 0 aromatic heterocycles. The van der Waals surface area contributed by atoms with Gasteiger partial charge in [-0.05, 0) is 59.3 Å². The molecule has 0 spiro atoms. The number of hydrogen-bond donors (Lipinski definition) is 0. The van der Waals surface area contributed by atoms with Gasteiger partial charge in [-0.1, -0.05) is 34.9 Å². The van der Waals surface area contributed by atoms with E-state index in [2.05, 4.69) is 39.0 Å². The third kappa shape index (κ3) is 5.61. The number of allylic oxidation sites excluding steroid dienone is 6. The Labute approximate surface area is 94.8 Å². The Morgan fingerprint density at radius 1 is 0.733 bits per heavy atom. The van der Waals surface area contributed by atoms with Crippen LogP contribution in [-0.2, 0) is 0 Å². The summed E-state index contributed by atoms with van der Waals surface area (Å²) in [7, 11) is 0. The Hall–Kier alpha value is -0.780. The molecule has 0 fully saturated rings. The van der Waals surface area contributed by atoms with E-state index < -0.39 is 0 Å². The van der Waals surface area contributed by atoms with Gasteiger partial charge in [0.05, 0.1) is 0 Å². The molecule has 0 nitrogen and oxygen atoms in total. The van der Waals surface area contributed by atoms with Crippen LogP contribution in [0.5, 0.6) is 0 Å². The average molecular weight is 204 g/mol. The Bertz CT molecular complexity index is 276. The second kappa shape index (κ2) is 6.66. The van der Waals surface area contributed by atoms with Crippen molar-refractivity contribution in [1.82, 2.24) is 0 Å². The van der Waals surface area contributed by atoms with Gasteiger partial charge in [-0.2, -0.15) is 0 Å². The summed E-state index contributed by atoms with van der Waals surface area (Å²) in [6, 6.07) is 0. The lowest BCUT2D eigenvalue weighted by Gasteiger charge is -2.05. The second-order valence-corrected chi connectivity index (χ2v) is 4.78. The second-order valence-electron chi connectivity index (χ2n) is 4.78. The summed E-state index contributed by atoms with van der Waals surface area (Å²) in [5.74, 6) is 0. The van der Waals surface area contributed by atoms with Crippen LogP contribution in [0, 0.1) is 0 Å². The van der Waals surface area contributed by atoms with Crippen LogP contribution in [0.4, 0.5) is 0 Å². The lowest BCUT2D eigenvalue weighted by Crippen LogP contribution is -1.85. The van der Waals surface area contributed by atoms with E-state index in [1.165, 1.54) is 37.7 Å². The highest BCUT2D eigenvalue weighted by atomic mass is 14.0. The molecule has 0 aromatic rings. The van der Waals surface area contributed by atoms with Crippen LogP contribution in [0.3, 0.4) is 0 Å². The van der Waals surface area contributed by atoms with Crippen molar-refractivity contribution in [2.45, 2.75) is 59.3 Å². The smallest absolute Gasteiger partial charge is 0.0164 e. The zero-order valence-corrected chi connectivity index (χ0v) is 10.5. The van der Waals surface area contributed by atoms with Crippen molar-refractivity contribution in [3.05, 3.63) is 34.9 Å². The first-order valence-corrected chi connectivity index (χ1v) is 6.15. The average Bonchev–Trinajstić information content (AvgIpc) is 2.16. The molecule has 0 aromatic carbocycles. The van der Waals surface area contributed by atoms with Crippen molar-refractivity contribution in [3.8, 4) is 0 Å². The zero-order valence-electron chi connectivity index (χ0n) is 10.5. The highest BCUT2D eigenvalue weighted by Crippen LogP contribution is 2.16. The van der Waals surface area contributed by atoms with E-state index in [0.29, 0.717) is 0 Å². The molecule has 15 heavy (non-hydrogen) atoms. The fraction of sp³-hybridized carbons (Fsp3) is 0.600. The molecule has 0 saturated carbocycles. The predicted octanol–water partition coefficient (Wildman–Crippen LogP) is 5.18. The minimum atomic E-state index is 1.13. The Morgan fingerprint density at radius 2 is 1.27 bits per heavy atom. The van der Waals surface area contributed by atoms with Gasteiger partial charge in [-0.15, -0.1) is 0 Å². The first-order valence-electron chi connectivity index (χ1n) is 6.15. The van der Waals surface area contributed by atoms with Gasteiger partial charge in [-0.25, -0.2) is 0 Å². The van der Waals surface area contributed by atoms with E-state index in [1.54, 1.807) is 11.1 Å². The summed E-state index contributed by atoms with van der Waals surface area (Å²) in [5.41, 5.74) is 4.65. The van der Waals surface area contributed by atoms with Crippen molar-refractivity contribution in [2.75, 3.05) is 0 Å². The van der Waals surface area contributed by atoms with Gasteiger partial charge in [0, 0.05) is 0 Å². The summed E-state index contributed by atoms with van der Waals surface area (Å²) in [6.45, 7) is 6.77. The maximum Gasteiger partial charge on any atom is -0.0164 e. The number of rotatable bonds is 0. The van der Waals surface area contributed by atoms with E-state index in [-0.39, 0.29) is 0 Å². The van der Waals surface area contributed by atoms with Gasteiger partial charge in [0.15, 0.2) is 0 Å². The normalized spacial score (nSPS) is 20.6. The van der Waals surface area contributed by atoms with Gasteiger partial charge >= 0.3 is 0 Å². The van der Waals surface area contributed by atoms with Crippen molar-refractivity contribution in [3.63, 3.8) is 0 Å². The molecule has 0 amide bonds. The van der Waals surface area contributed by atoms with E-state index >= 15 is 0 Å². The topological polar surface area (TPSA) is 0 Å². The molecule has 0 heterocycles. The molecule has 0 aliphatic heterocycles. The lowest BCUT2D eigenvalue weighted by atomic mass is 10.0. The molecule has 0 atom stereocenters. The van der Waals surface area contributed by atoms with Crippen molar-refractivity contribution in [1.29, 1.82) is 0 Å². The van der Waals surface area contributed by atoms with Gasteiger partial charge < -0.3 is 0 Å². The highest BCUT2D eigenvalue weighted by molar-refractivity contribution is 5.09. The first kappa shape index (κ1) is 12.3. The van der Waals surface area contributed by atoms with Crippen LogP contribution in [0.1, 0.15) is 59.3 Å². The lowest BCUT2D eigenvalue weighted by molar-refractivity contribution is 0.791. The summed E-state index contributed by atoms with van der Waals surface area (Å²) < 4.78 is 0. The van der Waals surface area contributed by atoms with Crippen LogP contribution in [0.2, 0.25) is 0 Å². The van der Waals surface area contributed by atoms with Crippen molar-refractivity contribution >= 4 is 0 Å². The molecule has 0 N–H and O–H groups in total.